The SMILES string of the molecule is C=CC(=O)N1CCN(c2c(C#N)c(OC[C@@H]3CCCN3C)nc3c2CCN(c2c(C)ccc4[nH]ccc24)C3)CC1. The monoisotopic (exact) mass is 539 g/mol. The number of amides is 1. The fourth-order valence-electron chi connectivity index (χ4n) is 6.57. The highest BCUT2D eigenvalue weighted by atomic mass is 16.5. The maximum Gasteiger partial charge on any atom is 0.246 e. The van der Waals surface area contributed by atoms with Crippen LogP contribution in [0.15, 0.2) is 37.1 Å². The van der Waals surface area contributed by atoms with Crippen molar-refractivity contribution < 1.29 is 9.53 Å². The number of pyridine rings is 1. The molecule has 3 aliphatic heterocycles. The van der Waals surface area contributed by atoms with Crippen molar-refractivity contribution in [3.05, 3.63) is 59.4 Å². The molecule has 2 fully saturated rings. The van der Waals surface area contributed by atoms with Crippen molar-refractivity contribution in [3.8, 4) is 11.9 Å². The molecule has 3 aliphatic rings. The summed E-state index contributed by atoms with van der Waals surface area (Å²) < 4.78 is 6.38. The highest BCUT2D eigenvalue weighted by Gasteiger charge is 2.32. The highest BCUT2D eigenvalue weighted by Crippen LogP contribution is 2.40. The summed E-state index contributed by atoms with van der Waals surface area (Å²) in [5, 5.41) is 11.6. The van der Waals surface area contributed by atoms with Crippen LogP contribution in [-0.4, -0.2) is 84.6 Å². The largest absolute Gasteiger partial charge is 0.475 e. The molecule has 0 unspecified atom stereocenters. The van der Waals surface area contributed by atoms with Crippen LogP contribution in [0.5, 0.6) is 5.88 Å². The number of rotatable bonds is 6. The van der Waals surface area contributed by atoms with Crippen molar-refractivity contribution in [1.29, 1.82) is 5.26 Å². The summed E-state index contributed by atoms with van der Waals surface area (Å²) in [6.45, 7) is 11.4. The van der Waals surface area contributed by atoms with Gasteiger partial charge < -0.3 is 29.3 Å². The van der Waals surface area contributed by atoms with E-state index < -0.39 is 0 Å². The fourth-order valence-corrected chi connectivity index (χ4v) is 6.57. The first-order valence-corrected chi connectivity index (χ1v) is 14.2. The van der Waals surface area contributed by atoms with Gasteiger partial charge in [-0.1, -0.05) is 12.6 Å². The highest BCUT2D eigenvalue weighted by molar-refractivity contribution is 5.94. The van der Waals surface area contributed by atoms with E-state index in [0.29, 0.717) is 56.8 Å². The predicted octanol–water partition coefficient (Wildman–Crippen LogP) is 3.61. The number of benzene rings is 1. The zero-order chi connectivity index (χ0) is 27.8. The molecule has 0 radical (unpaired) electrons. The van der Waals surface area contributed by atoms with Crippen molar-refractivity contribution in [2.24, 2.45) is 0 Å². The normalized spacial score (nSPS) is 19.5. The third-order valence-electron chi connectivity index (χ3n) is 8.80. The molecule has 1 atom stereocenters. The zero-order valence-corrected chi connectivity index (χ0v) is 23.4. The van der Waals surface area contributed by atoms with Crippen LogP contribution in [0.4, 0.5) is 11.4 Å². The van der Waals surface area contributed by atoms with Crippen LogP contribution in [0.3, 0.4) is 0 Å². The van der Waals surface area contributed by atoms with Gasteiger partial charge in [-0.15, -0.1) is 0 Å². The van der Waals surface area contributed by atoms with E-state index in [1.54, 1.807) is 0 Å². The van der Waals surface area contributed by atoms with Gasteiger partial charge >= 0.3 is 0 Å². The number of piperazine rings is 1. The first kappa shape index (κ1) is 26.2. The van der Waals surface area contributed by atoms with Gasteiger partial charge in [0.15, 0.2) is 0 Å². The van der Waals surface area contributed by atoms with Gasteiger partial charge in [0.2, 0.25) is 11.8 Å². The number of hydrogen-bond donors (Lipinski definition) is 1. The molecule has 1 amide bonds. The number of aromatic nitrogens is 2. The maximum atomic E-state index is 12.2. The van der Waals surface area contributed by atoms with E-state index in [2.05, 4.69) is 64.5 Å². The minimum absolute atomic E-state index is 0.0495. The molecular formula is C31H37N7O2. The van der Waals surface area contributed by atoms with Gasteiger partial charge in [-0.25, -0.2) is 4.98 Å². The first-order chi connectivity index (χ1) is 19.5. The van der Waals surface area contributed by atoms with Gasteiger partial charge in [-0.3, -0.25) is 4.79 Å². The third-order valence-corrected chi connectivity index (χ3v) is 8.80. The fraction of sp³-hybridized carbons (Fsp3) is 0.452. The predicted molar refractivity (Wildman–Crippen MR) is 157 cm³/mol. The molecule has 0 aliphatic carbocycles. The summed E-state index contributed by atoms with van der Waals surface area (Å²) >= 11 is 0. The molecule has 40 heavy (non-hydrogen) atoms. The molecule has 9 heteroatoms. The molecule has 2 aromatic heterocycles. The first-order valence-electron chi connectivity index (χ1n) is 14.2. The average molecular weight is 540 g/mol. The van der Waals surface area contributed by atoms with Gasteiger partial charge in [0.1, 0.15) is 18.2 Å². The zero-order valence-electron chi connectivity index (χ0n) is 23.4. The van der Waals surface area contributed by atoms with Crippen LogP contribution in [-0.2, 0) is 17.8 Å². The Kier molecular flexibility index (Phi) is 7.11. The van der Waals surface area contributed by atoms with Crippen LogP contribution >= 0.6 is 0 Å². The number of aryl methyl sites for hydroxylation is 1. The Bertz CT molecular complexity index is 1480. The molecule has 5 heterocycles. The Morgan fingerprint density at radius 1 is 1.18 bits per heavy atom. The van der Waals surface area contributed by atoms with Gasteiger partial charge in [0.25, 0.3) is 0 Å². The number of hydrogen-bond acceptors (Lipinski definition) is 7. The van der Waals surface area contributed by atoms with E-state index in [4.69, 9.17) is 9.72 Å². The Morgan fingerprint density at radius 3 is 2.73 bits per heavy atom. The number of ether oxygens (including phenoxy) is 1. The third kappa shape index (κ3) is 4.66. The van der Waals surface area contributed by atoms with E-state index in [0.717, 1.165) is 54.8 Å². The second-order valence-electron chi connectivity index (χ2n) is 11.1. The van der Waals surface area contributed by atoms with Crippen molar-refractivity contribution in [2.45, 2.75) is 38.8 Å². The number of nitrogens with zero attached hydrogens (tertiary/aromatic N) is 6. The molecule has 1 aromatic carbocycles. The molecule has 0 bridgehead atoms. The Balaban J connectivity index is 1.37. The summed E-state index contributed by atoms with van der Waals surface area (Å²) in [6, 6.07) is 9.22. The molecule has 208 valence electrons. The van der Waals surface area contributed by atoms with E-state index >= 15 is 0 Å². The summed E-state index contributed by atoms with van der Waals surface area (Å²) in [5.74, 6) is 0.381. The molecule has 3 aromatic rings. The van der Waals surface area contributed by atoms with Gasteiger partial charge in [0, 0.05) is 67.1 Å². The van der Waals surface area contributed by atoms with E-state index in [1.807, 2.05) is 11.1 Å². The summed E-state index contributed by atoms with van der Waals surface area (Å²) in [6.07, 6.45) is 6.39. The van der Waals surface area contributed by atoms with E-state index in [-0.39, 0.29) is 5.91 Å². The molecule has 0 saturated carbocycles. The lowest BCUT2D eigenvalue weighted by atomic mass is 9.97. The van der Waals surface area contributed by atoms with Crippen LogP contribution in [0.25, 0.3) is 10.9 Å². The molecule has 6 rings (SSSR count). The molecule has 1 N–H and O–H groups in total. The maximum absolute atomic E-state index is 12.2. The number of carbonyl (C=O) groups is 1. The van der Waals surface area contributed by atoms with Gasteiger partial charge in [-0.2, -0.15) is 5.26 Å². The lowest BCUT2D eigenvalue weighted by molar-refractivity contribution is -0.126. The summed E-state index contributed by atoms with van der Waals surface area (Å²) in [7, 11) is 2.13. The average Bonchev–Trinajstić information content (AvgIpc) is 3.63. The van der Waals surface area contributed by atoms with E-state index in [1.165, 1.54) is 22.7 Å². The van der Waals surface area contributed by atoms with Gasteiger partial charge in [0.05, 0.1) is 17.9 Å². The lowest BCUT2D eigenvalue weighted by Gasteiger charge is -2.39. The number of nitriles is 1. The number of likely N-dealkylation sites (tertiary alicyclic amines) is 1. The standard InChI is InChI=1S/C31H37N7O2/c1-4-28(39)36-14-16-37(17-15-36)30-24-10-13-38(29-21(2)7-8-26-23(29)9-11-33-26)19-27(24)34-31(25(30)18-32)40-20-22-6-5-12-35(22)3/h4,7-9,11,22,33H,1,5-6,10,12-17,19-20H2,2-3H3/t22-/m0/s1. The Hall–Kier alpha value is -4.03. The van der Waals surface area contributed by atoms with Crippen molar-refractivity contribution in [3.63, 3.8) is 0 Å². The Morgan fingerprint density at radius 2 is 2.00 bits per heavy atom. The second-order valence-corrected chi connectivity index (χ2v) is 11.1. The molecule has 0 spiro atoms. The quantitative estimate of drug-likeness (QED) is 0.479. The van der Waals surface area contributed by atoms with Crippen LogP contribution in [0, 0.1) is 18.3 Å². The van der Waals surface area contributed by atoms with Gasteiger partial charge in [-0.05, 0) is 63.6 Å². The molecular weight excluding hydrogens is 502 g/mol. The Labute approximate surface area is 235 Å². The minimum atomic E-state index is -0.0495. The smallest absolute Gasteiger partial charge is 0.246 e. The van der Waals surface area contributed by atoms with Crippen molar-refractivity contribution in [2.75, 3.05) is 62.7 Å². The summed E-state index contributed by atoms with van der Waals surface area (Å²) in [4.78, 5) is 29.4. The van der Waals surface area contributed by atoms with Crippen LogP contribution in [0.1, 0.15) is 35.2 Å². The van der Waals surface area contributed by atoms with Crippen molar-refractivity contribution >= 4 is 28.2 Å². The minimum Gasteiger partial charge on any atom is -0.475 e. The van der Waals surface area contributed by atoms with Crippen LogP contribution in [0.2, 0.25) is 0 Å². The van der Waals surface area contributed by atoms with E-state index in [9.17, 15) is 10.1 Å². The lowest BCUT2D eigenvalue weighted by Crippen LogP contribution is -2.49. The van der Waals surface area contributed by atoms with Crippen LogP contribution < -0.4 is 14.5 Å². The second kappa shape index (κ2) is 10.9. The number of carbonyl (C=O) groups excluding carboxylic acids is 1. The number of aromatic amines is 1. The number of fused-ring (bicyclic) bond motifs is 2. The molecule has 2 saturated heterocycles. The summed E-state index contributed by atoms with van der Waals surface area (Å²) in [5.41, 5.74) is 7.12. The number of likely N-dealkylation sites (N-methyl/N-ethyl adjacent to an activating group) is 1. The number of nitrogens with one attached hydrogen (secondary N) is 1. The van der Waals surface area contributed by atoms with Crippen molar-refractivity contribution in [1.82, 2.24) is 19.8 Å². The topological polar surface area (TPSA) is 91.7 Å². The number of H-pyrrole nitrogens is 1. The molecule has 9 nitrogen and oxygen atoms in total. The number of anilines is 2.